The molecular weight excluding hydrogens is 379 g/mol. The smallest absolute Gasteiger partial charge is 0.407 e. The number of rotatable bonds is 6. The second-order valence-corrected chi connectivity index (χ2v) is 9.33. The molecule has 1 fully saturated rings. The molecular formula is C25H33FN2O2. The van der Waals surface area contributed by atoms with Crippen molar-refractivity contribution in [2.45, 2.75) is 76.6 Å². The Kier molecular flexibility index (Phi) is 7.14. The van der Waals surface area contributed by atoms with Gasteiger partial charge < -0.3 is 15.4 Å². The highest BCUT2D eigenvalue weighted by Crippen LogP contribution is 2.33. The fourth-order valence-electron chi connectivity index (χ4n) is 4.24. The predicted octanol–water partition coefficient (Wildman–Crippen LogP) is 5.36. The molecule has 4 nitrogen and oxygen atoms in total. The fraction of sp³-hybridized carbons (Fsp3) is 0.480. The van der Waals surface area contributed by atoms with Gasteiger partial charge in [0.2, 0.25) is 0 Å². The van der Waals surface area contributed by atoms with E-state index in [0.717, 1.165) is 25.7 Å². The lowest BCUT2D eigenvalue weighted by Crippen LogP contribution is -2.55. The van der Waals surface area contributed by atoms with Crippen molar-refractivity contribution in [3.8, 4) is 0 Å². The average Bonchev–Trinajstić information content (AvgIpc) is 2.68. The molecule has 1 amide bonds. The maximum atomic E-state index is 14.5. The molecule has 2 aromatic rings. The van der Waals surface area contributed by atoms with E-state index in [1.54, 1.807) is 6.07 Å². The largest absolute Gasteiger partial charge is 0.444 e. The Morgan fingerprint density at radius 3 is 2.53 bits per heavy atom. The molecule has 0 radical (unpaired) electrons. The molecule has 2 atom stereocenters. The molecule has 2 aromatic carbocycles. The Balaban J connectivity index is 1.75. The van der Waals surface area contributed by atoms with Gasteiger partial charge in [-0.15, -0.1) is 0 Å². The van der Waals surface area contributed by atoms with Crippen molar-refractivity contribution in [3.63, 3.8) is 0 Å². The molecule has 1 saturated carbocycles. The van der Waals surface area contributed by atoms with Crippen molar-refractivity contribution in [1.82, 2.24) is 10.6 Å². The Hall–Kier alpha value is -2.40. The van der Waals surface area contributed by atoms with Crippen LogP contribution in [0.2, 0.25) is 0 Å². The molecule has 1 aliphatic rings. The molecule has 0 unspecified atom stereocenters. The number of carbonyl (C=O) groups excluding carboxylic acids is 1. The van der Waals surface area contributed by atoms with Crippen LogP contribution in [0.4, 0.5) is 9.18 Å². The normalized spacial score (nSPS) is 21.8. The first-order chi connectivity index (χ1) is 14.2. The van der Waals surface area contributed by atoms with Crippen LogP contribution in [0, 0.1) is 5.82 Å². The third-order valence-electron chi connectivity index (χ3n) is 5.56. The highest BCUT2D eigenvalue weighted by atomic mass is 19.1. The number of hydrogen-bond acceptors (Lipinski definition) is 3. The Labute approximate surface area is 179 Å². The zero-order chi connectivity index (χ0) is 21.6. The third-order valence-corrected chi connectivity index (χ3v) is 5.56. The summed E-state index contributed by atoms with van der Waals surface area (Å²) in [4.78, 5) is 12.3. The summed E-state index contributed by atoms with van der Waals surface area (Å²) in [6, 6.07) is 17.2. The van der Waals surface area contributed by atoms with Crippen LogP contribution in [0.3, 0.4) is 0 Å². The number of amides is 1. The van der Waals surface area contributed by atoms with E-state index in [4.69, 9.17) is 4.74 Å². The maximum absolute atomic E-state index is 14.5. The second kappa shape index (κ2) is 9.61. The van der Waals surface area contributed by atoms with Crippen LogP contribution in [0.15, 0.2) is 54.6 Å². The van der Waals surface area contributed by atoms with Gasteiger partial charge in [0.05, 0.1) is 0 Å². The van der Waals surface area contributed by atoms with Gasteiger partial charge in [-0.3, -0.25) is 0 Å². The van der Waals surface area contributed by atoms with Crippen molar-refractivity contribution < 1.29 is 13.9 Å². The molecule has 162 valence electrons. The zero-order valence-electron chi connectivity index (χ0n) is 18.2. The van der Waals surface area contributed by atoms with Crippen LogP contribution in [-0.2, 0) is 17.7 Å². The van der Waals surface area contributed by atoms with Crippen molar-refractivity contribution in [1.29, 1.82) is 0 Å². The van der Waals surface area contributed by atoms with E-state index in [9.17, 15) is 9.18 Å². The minimum atomic E-state index is -0.533. The van der Waals surface area contributed by atoms with Crippen molar-refractivity contribution in [2.75, 3.05) is 0 Å². The summed E-state index contributed by atoms with van der Waals surface area (Å²) >= 11 is 0. The molecule has 0 heterocycles. The summed E-state index contributed by atoms with van der Waals surface area (Å²) in [5.74, 6) is -0.180. The van der Waals surface area contributed by atoms with Crippen LogP contribution < -0.4 is 10.6 Å². The number of alkyl carbamates (subject to hydrolysis) is 1. The topological polar surface area (TPSA) is 50.4 Å². The first kappa shape index (κ1) is 22.3. The van der Waals surface area contributed by atoms with Crippen LogP contribution in [0.1, 0.15) is 57.6 Å². The molecule has 0 aliphatic heterocycles. The van der Waals surface area contributed by atoms with Crippen molar-refractivity contribution in [3.05, 3.63) is 71.5 Å². The minimum absolute atomic E-state index is 0.0105. The lowest BCUT2D eigenvalue weighted by atomic mass is 9.75. The molecule has 0 spiro atoms. The van der Waals surface area contributed by atoms with Gasteiger partial charge in [-0.2, -0.15) is 0 Å². The third kappa shape index (κ3) is 6.56. The first-order valence-electron chi connectivity index (χ1n) is 10.8. The summed E-state index contributed by atoms with van der Waals surface area (Å²) in [6.07, 6.45) is 3.70. The molecule has 0 saturated heterocycles. The highest BCUT2D eigenvalue weighted by molar-refractivity contribution is 5.68. The van der Waals surface area contributed by atoms with Crippen LogP contribution in [-0.4, -0.2) is 23.3 Å². The Bertz CT molecular complexity index is 835. The lowest BCUT2D eigenvalue weighted by Gasteiger charge is -2.42. The lowest BCUT2D eigenvalue weighted by molar-refractivity contribution is 0.0472. The minimum Gasteiger partial charge on any atom is -0.444 e. The van der Waals surface area contributed by atoms with Crippen molar-refractivity contribution in [2.24, 2.45) is 0 Å². The standard InChI is InChI=1S/C25H33FN2O2/c1-24(2,3)30-23(29)28-21-13-9-15-25(17-21,16-20-12-7-8-14-22(20)26)27-18-19-10-5-4-6-11-19/h4-8,10-12,14,21,27H,9,13,15-18H2,1-3H3,(H,28,29)/t21-,25-/m1/s1. The van der Waals surface area contributed by atoms with Gasteiger partial charge in [-0.25, -0.2) is 9.18 Å². The van der Waals surface area contributed by atoms with Gasteiger partial charge in [0.15, 0.2) is 0 Å². The summed E-state index contributed by atoms with van der Waals surface area (Å²) in [5, 5.41) is 6.75. The fourth-order valence-corrected chi connectivity index (χ4v) is 4.24. The van der Waals surface area contributed by atoms with Crippen LogP contribution in [0.5, 0.6) is 0 Å². The number of benzene rings is 2. The SMILES string of the molecule is CC(C)(C)OC(=O)N[C@@H]1CCC[C@](Cc2ccccc2F)(NCc2ccccc2)C1. The average molecular weight is 413 g/mol. The van der Waals surface area contributed by atoms with E-state index in [1.807, 2.05) is 51.1 Å². The zero-order valence-corrected chi connectivity index (χ0v) is 18.2. The van der Waals surface area contributed by atoms with Crippen LogP contribution in [0.25, 0.3) is 0 Å². The Morgan fingerprint density at radius 2 is 1.83 bits per heavy atom. The molecule has 1 aliphatic carbocycles. The van der Waals surface area contributed by atoms with Gasteiger partial charge in [0, 0.05) is 18.1 Å². The number of nitrogens with one attached hydrogen (secondary N) is 2. The quantitative estimate of drug-likeness (QED) is 0.671. The van der Waals surface area contributed by atoms with E-state index in [-0.39, 0.29) is 17.4 Å². The number of carbonyl (C=O) groups is 1. The monoisotopic (exact) mass is 412 g/mol. The van der Waals surface area contributed by atoms with Gasteiger partial charge in [-0.1, -0.05) is 48.5 Å². The molecule has 0 bridgehead atoms. The van der Waals surface area contributed by atoms with Crippen LogP contribution >= 0.6 is 0 Å². The molecule has 5 heteroatoms. The van der Waals surface area contributed by atoms with E-state index in [2.05, 4.69) is 22.8 Å². The van der Waals surface area contributed by atoms with Gasteiger partial charge in [0.25, 0.3) is 0 Å². The summed E-state index contributed by atoms with van der Waals surface area (Å²) in [7, 11) is 0. The van der Waals surface area contributed by atoms with E-state index >= 15 is 0 Å². The predicted molar refractivity (Wildman–Crippen MR) is 118 cm³/mol. The van der Waals surface area contributed by atoms with E-state index in [0.29, 0.717) is 18.5 Å². The second-order valence-electron chi connectivity index (χ2n) is 9.33. The van der Waals surface area contributed by atoms with Gasteiger partial charge in [0.1, 0.15) is 11.4 Å². The van der Waals surface area contributed by atoms with E-state index in [1.165, 1.54) is 11.6 Å². The molecule has 2 N–H and O–H groups in total. The Morgan fingerprint density at radius 1 is 1.13 bits per heavy atom. The first-order valence-corrected chi connectivity index (χ1v) is 10.8. The van der Waals surface area contributed by atoms with Crippen molar-refractivity contribution >= 4 is 6.09 Å². The van der Waals surface area contributed by atoms with Gasteiger partial charge >= 0.3 is 6.09 Å². The summed E-state index contributed by atoms with van der Waals surface area (Å²) < 4.78 is 19.9. The maximum Gasteiger partial charge on any atom is 0.407 e. The van der Waals surface area contributed by atoms with Gasteiger partial charge in [-0.05, 0) is 70.1 Å². The molecule has 0 aromatic heterocycles. The number of ether oxygens (including phenoxy) is 1. The highest BCUT2D eigenvalue weighted by Gasteiger charge is 2.37. The number of hydrogen-bond donors (Lipinski definition) is 2. The summed E-state index contributed by atoms with van der Waals surface area (Å²) in [5.41, 5.74) is 1.06. The van der Waals surface area contributed by atoms with E-state index < -0.39 is 11.7 Å². The summed E-state index contributed by atoms with van der Waals surface area (Å²) in [6.45, 7) is 6.28. The molecule has 3 rings (SSSR count). The number of halogens is 1. The molecule has 30 heavy (non-hydrogen) atoms.